The number of hydrogen-bond acceptors (Lipinski definition) is 4. The molecule has 0 atom stereocenters. The molecule has 2 amide bonds. The number of amides is 2. The number of anilines is 1. The molecule has 20 heavy (non-hydrogen) atoms. The van der Waals surface area contributed by atoms with Crippen LogP contribution in [-0.4, -0.2) is 18.1 Å². The molecule has 0 bridgehead atoms. The van der Waals surface area contributed by atoms with E-state index in [0.717, 1.165) is 23.4 Å². The highest BCUT2D eigenvalue weighted by Gasteiger charge is 2.07. The summed E-state index contributed by atoms with van der Waals surface area (Å²) in [6.45, 7) is 2.43. The monoisotopic (exact) mass is 291 g/mol. The third-order valence-electron chi connectivity index (χ3n) is 2.77. The molecule has 0 unspecified atom stereocenters. The zero-order chi connectivity index (χ0) is 14.4. The molecule has 2 aromatic rings. The van der Waals surface area contributed by atoms with Crippen LogP contribution in [0.2, 0.25) is 0 Å². The normalized spacial score (nSPS) is 10.1. The maximum Gasteiger partial charge on any atom is 0.321 e. The maximum atomic E-state index is 11.8. The van der Waals surface area contributed by atoms with E-state index in [2.05, 4.69) is 15.6 Å². The molecule has 0 radical (unpaired) electrons. The summed E-state index contributed by atoms with van der Waals surface area (Å²) in [5, 5.41) is 8.06. The minimum atomic E-state index is -0.270. The van der Waals surface area contributed by atoms with Gasteiger partial charge in [-0.25, -0.2) is 9.78 Å². The molecule has 0 saturated carbocycles. The van der Waals surface area contributed by atoms with E-state index in [1.807, 2.05) is 36.6 Å². The van der Waals surface area contributed by atoms with Crippen LogP contribution in [-0.2, 0) is 13.0 Å². The lowest BCUT2D eigenvalue weighted by atomic mass is 10.2. The minimum Gasteiger partial charge on any atom is -0.496 e. The van der Waals surface area contributed by atoms with Crippen LogP contribution in [0, 0.1) is 0 Å². The van der Waals surface area contributed by atoms with Crippen molar-refractivity contribution in [3.05, 3.63) is 40.9 Å². The molecule has 106 valence electrons. The average molecular weight is 291 g/mol. The van der Waals surface area contributed by atoms with E-state index >= 15 is 0 Å². The second-order valence-corrected chi connectivity index (χ2v) is 4.98. The largest absolute Gasteiger partial charge is 0.496 e. The third-order valence-corrected chi connectivity index (χ3v) is 3.57. The van der Waals surface area contributed by atoms with Gasteiger partial charge in [-0.2, -0.15) is 0 Å². The zero-order valence-corrected chi connectivity index (χ0v) is 12.3. The van der Waals surface area contributed by atoms with Crippen molar-refractivity contribution in [2.75, 3.05) is 12.4 Å². The SMILES string of the molecule is CCc1csc(NC(=O)NCc2ccccc2OC)n1. The number of para-hydroxylation sites is 1. The lowest BCUT2D eigenvalue weighted by molar-refractivity contribution is 0.251. The molecule has 0 aliphatic rings. The number of benzene rings is 1. The van der Waals surface area contributed by atoms with Gasteiger partial charge in [-0.15, -0.1) is 11.3 Å². The first kappa shape index (κ1) is 14.3. The highest BCUT2D eigenvalue weighted by Crippen LogP contribution is 2.17. The van der Waals surface area contributed by atoms with E-state index in [1.54, 1.807) is 7.11 Å². The fraction of sp³-hybridized carbons (Fsp3) is 0.286. The van der Waals surface area contributed by atoms with Gasteiger partial charge >= 0.3 is 6.03 Å². The van der Waals surface area contributed by atoms with Crippen LogP contribution < -0.4 is 15.4 Å². The summed E-state index contributed by atoms with van der Waals surface area (Å²) in [5.74, 6) is 0.760. The Kier molecular flexibility index (Phi) is 4.95. The number of rotatable bonds is 5. The summed E-state index contributed by atoms with van der Waals surface area (Å²) < 4.78 is 5.23. The first-order valence-electron chi connectivity index (χ1n) is 6.34. The smallest absolute Gasteiger partial charge is 0.321 e. The Morgan fingerprint density at radius 3 is 2.90 bits per heavy atom. The van der Waals surface area contributed by atoms with Crippen molar-refractivity contribution in [2.45, 2.75) is 19.9 Å². The van der Waals surface area contributed by atoms with Crippen molar-refractivity contribution in [1.82, 2.24) is 10.3 Å². The van der Waals surface area contributed by atoms with Gasteiger partial charge in [0.15, 0.2) is 5.13 Å². The number of urea groups is 1. The predicted molar refractivity (Wildman–Crippen MR) is 80.3 cm³/mol. The molecule has 1 aromatic carbocycles. The average Bonchev–Trinajstić information content (AvgIpc) is 2.93. The summed E-state index contributed by atoms with van der Waals surface area (Å²) >= 11 is 1.42. The van der Waals surface area contributed by atoms with Gasteiger partial charge in [-0.3, -0.25) is 5.32 Å². The molecule has 1 heterocycles. The molecule has 0 fully saturated rings. The number of ether oxygens (including phenoxy) is 1. The summed E-state index contributed by atoms with van der Waals surface area (Å²) in [5.41, 5.74) is 1.91. The number of aryl methyl sites for hydroxylation is 1. The van der Waals surface area contributed by atoms with Crippen LogP contribution in [0.5, 0.6) is 5.75 Å². The van der Waals surface area contributed by atoms with Crippen LogP contribution in [0.25, 0.3) is 0 Å². The Balaban J connectivity index is 1.88. The zero-order valence-electron chi connectivity index (χ0n) is 11.5. The van der Waals surface area contributed by atoms with Gasteiger partial charge in [0, 0.05) is 17.5 Å². The molecule has 0 saturated heterocycles. The van der Waals surface area contributed by atoms with E-state index in [9.17, 15) is 4.79 Å². The Morgan fingerprint density at radius 1 is 1.40 bits per heavy atom. The van der Waals surface area contributed by atoms with Gasteiger partial charge in [0.25, 0.3) is 0 Å². The van der Waals surface area contributed by atoms with E-state index in [1.165, 1.54) is 11.3 Å². The second kappa shape index (κ2) is 6.91. The fourth-order valence-electron chi connectivity index (χ4n) is 1.69. The van der Waals surface area contributed by atoms with Gasteiger partial charge in [0.05, 0.1) is 12.8 Å². The number of thiazole rings is 1. The van der Waals surface area contributed by atoms with E-state index in [-0.39, 0.29) is 6.03 Å². The molecule has 1 aromatic heterocycles. The molecule has 0 aliphatic heterocycles. The standard InChI is InChI=1S/C14H17N3O2S/c1-3-11-9-20-14(16-11)17-13(18)15-8-10-6-4-5-7-12(10)19-2/h4-7,9H,3,8H2,1-2H3,(H2,15,16,17,18). The molecule has 0 spiro atoms. The summed E-state index contributed by atoms with van der Waals surface area (Å²) in [6, 6.07) is 7.31. The van der Waals surface area contributed by atoms with Crippen LogP contribution in [0.1, 0.15) is 18.2 Å². The number of methoxy groups -OCH3 is 1. The topological polar surface area (TPSA) is 63.2 Å². The maximum absolute atomic E-state index is 11.8. The number of carbonyl (C=O) groups excluding carboxylic acids is 1. The van der Waals surface area contributed by atoms with Crippen molar-refractivity contribution in [1.29, 1.82) is 0 Å². The van der Waals surface area contributed by atoms with Crippen molar-refractivity contribution < 1.29 is 9.53 Å². The van der Waals surface area contributed by atoms with Gasteiger partial charge in [0.2, 0.25) is 0 Å². The Hall–Kier alpha value is -2.08. The predicted octanol–water partition coefficient (Wildman–Crippen LogP) is 3.04. The van der Waals surface area contributed by atoms with Crippen molar-refractivity contribution in [3.8, 4) is 5.75 Å². The highest BCUT2D eigenvalue weighted by atomic mass is 32.1. The lowest BCUT2D eigenvalue weighted by Gasteiger charge is -2.09. The second-order valence-electron chi connectivity index (χ2n) is 4.12. The van der Waals surface area contributed by atoms with Gasteiger partial charge in [-0.1, -0.05) is 25.1 Å². The minimum absolute atomic E-state index is 0.270. The van der Waals surface area contributed by atoms with Crippen LogP contribution >= 0.6 is 11.3 Å². The highest BCUT2D eigenvalue weighted by molar-refractivity contribution is 7.13. The summed E-state index contributed by atoms with van der Waals surface area (Å²) in [7, 11) is 1.61. The number of hydrogen-bond donors (Lipinski definition) is 2. The molecule has 6 heteroatoms. The first-order valence-corrected chi connectivity index (χ1v) is 7.22. The number of nitrogens with zero attached hydrogens (tertiary/aromatic N) is 1. The number of nitrogens with one attached hydrogen (secondary N) is 2. The summed E-state index contributed by atoms with van der Waals surface area (Å²) in [6.07, 6.45) is 0.862. The van der Waals surface area contributed by atoms with Crippen LogP contribution in [0.3, 0.4) is 0 Å². The first-order chi connectivity index (χ1) is 9.72. The Bertz CT molecular complexity index is 583. The number of carbonyl (C=O) groups is 1. The van der Waals surface area contributed by atoms with E-state index in [4.69, 9.17) is 4.74 Å². The van der Waals surface area contributed by atoms with Crippen LogP contribution in [0.4, 0.5) is 9.93 Å². The molecule has 0 aliphatic carbocycles. The fourth-order valence-corrected chi connectivity index (χ4v) is 2.48. The molecular weight excluding hydrogens is 274 g/mol. The number of aromatic nitrogens is 1. The van der Waals surface area contributed by atoms with Crippen molar-refractivity contribution in [2.24, 2.45) is 0 Å². The molecular formula is C14H17N3O2S. The van der Waals surface area contributed by atoms with Crippen molar-refractivity contribution in [3.63, 3.8) is 0 Å². The molecule has 2 rings (SSSR count). The van der Waals surface area contributed by atoms with Gasteiger partial charge < -0.3 is 10.1 Å². The Labute approximate surface area is 122 Å². The third kappa shape index (κ3) is 3.71. The lowest BCUT2D eigenvalue weighted by Crippen LogP contribution is -2.28. The van der Waals surface area contributed by atoms with Gasteiger partial charge in [0.1, 0.15) is 5.75 Å². The van der Waals surface area contributed by atoms with Crippen molar-refractivity contribution >= 4 is 22.5 Å². The molecule has 2 N–H and O–H groups in total. The van der Waals surface area contributed by atoms with E-state index < -0.39 is 0 Å². The van der Waals surface area contributed by atoms with Crippen LogP contribution in [0.15, 0.2) is 29.6 Å². The molecule has 5 nitrogen and oxygen atoms in total. The van der Waals surface area contributed by atoms with E-state index in [0.29, 0.717) is 11.7 Å². The quantitative estimate of drug-likeness (QED) is 0.890. The Morgan fingerprint density at radius 2 is 2.20 bits per heavy atom. The summed E-state index contributed by atoms with van der Waals surface area (Å²) in [4.78, 5) is 16.1. The van der Waals surface area contributed by atoms with Gasteiger partial charge in [-0.05, 0) is 12.5 Å².